The lowest BCUT2D eigenvalue weighted by Crippen LogP contribution is -2.10. The van der Waals surface area contributed by atoms with Gasteiger partial charge >= 0.3 is 7.60 Å². The largest absolute Gasteiger partial charge is 0.329 e. The monoisotopic (exact) mass is 174 g/mol. The van der Waals surface area contributed by atoms with Crippen LogP contribution in [-0.4, -0.2) is 17.2 Å². The molecule has 0 amide bonds. The van der Waals surface area contributed by atoms with Gasteiger partial charge in [-0.25, -0.2) is 0 Å². The van der Waals surface area contributed by atoms with Gasteiger partial charge in [0.25, 0.3) is 0 Å². The van der Waals surface area contributed by atoms with Gasteiger partial charge in [-0.15, -0.1) is 5.92 Å². The second kappa shape index (κ2) is 2.98. The van der Waals surface area contributed by atoms with Crippen LogP contribution in [0.2, 0.25) is 0 Å². The summed E-state index contributed by atoms with van der Waals surface area (Å²) < 4.78 is 15.8. The summed E-state index contributed by atoms with van der Waals surface area (Å²) in [5, 5.41) is 0. The van der Waals surface area contributed by atoms with E-state index < -0.39 is 7.60 Å². The van der Waals surface area contributed by atoms with Crippen LogP contribution in [-0.2, 0) is 9.09 Å². The molecule has 0 spiro atoms. The van der Waals surface area contributed by atoms with Gasteiger partial charge in [0.05, 0.1) is 6.16 Å². The predicted octanol–water partition coefficient (Wildman–Crippen LogP) is 1.23. The Morgan fingerprint density at radius 1 is 1.73 bits per heavy atom. The molecule has 4 heteroatoms. The molecule has 1 fully saturated rings. The van der Waals surface area contributed by atoms with Gasteiger partial charge in [-0.1, -0.05) is 12.8 Å². The van der Waals surface area contributed by atoms with E-state index >= 15 is 0 Å². The van der Waals surface area contributed by atoms with Gasteiger partial charge in [0.1, 0.15) is 6.10 Å². The summed E-state index contributed by atoms with van der Waals surface area (Å²) in [6.07, 6.45) is -0.123. The first-order valence-electron chi connectivity index (χ1n) is 3.47. The van der Waals surface area contributed by atoms with Gasteiger partial charge < -0.3 is 4.89 Å². The molecule has 62 valence electrons. The zero-order valence-corrected chi connectivity index (χ0v) is 7.47. The van der Waals surface area contributed by atoms with Crippen molar-refractivity contribution in [3.8, 4) is 11.8 Å². The van der Waals surface area contributed by atoms with Crippen molar-refractivity contribution < 1.29 is 14.0 Å². The smallest absolute Gasteiger partial charge is 0.324 e. The van der Waals surface area contributed by atoms with E-state index in [1.165, 1.54) is 0 Å². The number of rotatable bonds is 0. The average Bonchev–Trinajstić information content (AvgIpc) is 2.07. The highest BCUT2D eigenvalue weighted by Crippen LogP contribution is 2.52. The van der Waals surface area contributed by atoms with Gasteiger partial charge in [0.2, 0.25) is 0 Å². The van der Waals surface area contributed by atoms with E-state index in [9.17, 15) is 4.57 Å². The van der Waals surface area contributed by atoms with Crippen molar-refractivity contribution in [2.45, 2.75) is 20.0 Å². The number of hydrogen-bond donors (Lipinski definition) is 1. The standard InChI is InChI=1S/C7H11O3P/c1-3-4-7-6(2)5-11(8,9)10-7/h6-7H,5H2,1-2H3,(H,8,9). The minimum atomic E-state index is -3.29. The predicted molar refractivity (Wildman–Crippen MR) is 42.2 cm³/mol. The third-order valence-corrected chi connectivity index (χ3v) is 3.19. The molecule has 11 heavy (non-hydrogen) atoms. The minimum Gasteiger partial charge on any atom is -0.324 e. The Balaban J connectivity index is 2.72. The summed E-state index contributed by atoms with van der Waals surface area (Å²) in [7, 11) is -3.29. The fraction of sp³-hybridized carbons (Fsp3) is 0.714. The molecule has 3 atom stereocenters. The van der Waals surface area contributed by atoms with Gasteiger partial charge in [-0.3, -0.25) is 9.09 Å². The highest BCUT2D eigenvalue weighted by Gasteiger charge is 2.38. The van der Waals surface area contributed by atoms with Crippen LogP contribution in [0.4, 0.5) is 0 Å². The van der Waals surface area contributed by atoms with Gasteiger partial charge in [-0.2, -0.15) is 0 Å². The summed E-state index contributed by atoms with van der Waals surface area (Å²) in [6.45, 7) is 3.56. The van der Waals surface area contributed by atoms with Crippen molar-refractivity contribution in [1.82, 2.24) is 0 Å². The normalized spacial score (nSPS) is 43.2. The maximum absolute atomic E-state index is 11.0. The van der Waals surface area contributed by atoms with E-state index in [1.54, 1.807) is 6.92 Å². The van der Waals surface area contributed by atoms with Crippen molar-refractivity contribution in [1.29, 1.82) is 0 Å². The SMILES string of the molecule is CC#CC1OP(=O)(O)CC1C. The zero-order valence-electron chi connectivity index (χ0n) is 6.57. The molecule has 1 rings (SSSR count). The molecule has 1 aliphatic rings. The molecular weight excluding hydrogens is 163 g/mol. The first kappa shape index (κ1) is 8.80. The molecule has 1 N–H and O–H groups in total. The van der Waals surface area contributed by atoms with Crippen LogP contribution in [0.1, 0.15) is 13.8 Å². The van der Waals surface area contributed by atoms with Crippen LogP contribution in [0.25, 0.3) is 0 Å². The van der Waals surface area contributed by atoms with Crippen molar-refractivity contribution in [3.63, 3.8) is 0 Å². The summed E-state index contributed by atoms with van der Waals surface area (Å²) in [6, 6.07) is 0. The highest BCUT2D eigenvalue weighted by atomic mass is 31.2. The van der Waals surface area contributed by atoms with Gasteiger partial charge in [-0.05, 0) is 6.92 Å². The maximum atomic E-state index is 11.0. The van der Waals surface area contributed by atoms with Crippen LogP contribution in [0.3, 0.4) is 0 Å². The lowest BCUT2D eigenvalue weighted by atomic mass is 10.1. The Labute approximate surface area is 66.3 Å². The molecule has 1 heterocycles. The third-order valence-electron chi connectivity index (χ3n) is 1.60. The van der Waals surface area contributed by atoms with Crippen LogP contribution in [0.5, 0.6) is 0 Å². The molecule has 1 aliphatic heterocycles. The molecule has 0 radical (unpaired) electrons. The van der Waals surface area contributed by atoms with E-state index in [0.29, 0.717) is 0 Å². The summed E-state index contributed by atoms with van der Waals surface area (Å²) in [5.74, 6) is 5.48. The Hall–Kier alpha value is -0.290. The van der Waals surface area contributed by atoms with Gasteiger partial charge in [0.15, 0.2) is 0 Å². The Morgan fingerprint density at radius 3 is 2.73 bits per heavy atom. The zero-order chi connectivity index (χ0) is 8.48. The molecule has 0 aromatic rings. The molecule has 3 nitrogen and oxygen atoms in total. The second-order valence-electron chi connectivity index (χ2n) is 2.72. The first-order valence-corrected chi connectivity index (χ1v) is 5.24. The topological polar surface area (TPSA) is 46.5 Å². The molecular formula is C7H11O3P. The van der Waals surface area contributed by atoms with Crippen molar-refractivity contribution in [2.24, 2.45) is 5.92 Å². The third kappa shape index (κ3) is 2.07. The van der Waals surface area contributed by atoms with Gasteiger partial charge in [0, 0.05) is 5.92 Å². The Morgan fingerprint density at radius 2 is 2.36 bits per heavy atom. The molecule has 0 bridgehead atoms. The summed E-state index contributed by atoms with van der Waals surface area (Å²) in [4.78, 5) is 9.03. The number of hydrogen-bond acceptors (Lipinski definition) is 2. The van der Waals surface area contributed by atoms with E-state index in [2.05, 4.69) is 11.8 Å². The molecule has 0 aliphatic carbocycles. The molecule has 3 unspecified atom stereocenters. The van der Waals surface area contributed by atoms with Crippen LogP contribution < -0.4 is 0 Å². The lowest BCUT2D eigenvalue weighted by molar-refractivity contribution is 0.226. The molecule has 0 aromatic carbocycles. The van der Waals surface area contributed by atoms with Crippen molar-refractivity contribution >= 4 is 7.60 Å². The van der Waals surface area contributed by atoms with Crippen LogP contribution >= 0.6 is 7.60 Å². The maximum Gasteiger partial charge on any atom is 0.329 e. The second-order valence-corrected chi connectivity index (χ2v) is 4.57. The molecule has 0 saturated carbocycles. The lowest BCUT2D eigenvalue weighted by Gasteiger charge is -2.03. The van der Waals surface area contributed by atoms with E-state index in [0.717, 1.165) is 0 Å². The van der Waals surface area contributed by atoms with Crippen LogP contribution in [0.15, 0.2) is 0 Å². The van der Waals surface area contributed by atoms with Crippen molar-refractivity contribution in [3.05, 3.63) is 0 Å². The van der Waals surface area contributed by atoms with E-state index in [1.807, 2.05) is 6.92 Å². The fourth-order valence-electron chi connectivity index (χ4n) is 1.09. The minimum absolute atomic E-state index is 0.0679. The Bertz CT molecular complexity index is 250. The quantitative estimate of drug-likeness (QED) is 0.443. The molecule has 1 saturated heterocycles. The van der Waals surface area contributed by atoms with E-state index in [-0.39, 0.29) is 18.2 Å². The van der Waals surface area contributed by atoms with Crippen LogP contribution in [0, 0.1) is 17.8 Å². The average molecular weight is 174 g/mol. The summed E-state index contributed by atoms with van der Waals surface area (Å²) >= 11 is 0. The van der Waals surface area contributed by atoms with E-state index in [4.69, 9.17) is 9.42 Å². The molecule has 0 aromatic heterocycles. The fourth-order valence-corrected chi connectivity index (χ4v) is 2.72. The highest BCUT2D eigenvalue weighted by molar-refractivity contribution is 7.53. The first-order chi connectivity index (χ1) is 5.05. The summed E-state index contributed by atoms with van der Waals surface area (Å²) in [5.41, 5.74) is 0. The van der Waals surface area contributed by atoms with Crippen molar-refractivity contribution in [2.75, 3.05) is 6.16 Å². The Kier molecular flexibility index (Phi) is 2.39.